The highest BCUT2D eigenvalue weighted by atomic mass is 79.9. The fraction of sp³-hybridized carbons (Fsp3) is 0.556. The average molecular weight is 244 g/mol. The molecular weight excluding hydrogens is 230 g/mol. The Labute approximate surface area is 86.9 Å². The van der Waals surface area contributed by atoms with E-state index in [0.29, 0.717) is 0 Å². The van der Waals surface area contributed by atoms with E-state index in [1.165, 1.54) is 0 Å². The Bertz CT molecular complexity index is 286. The van der Waals surface area contributed by atoms with Gasteiger partial charge in [0.1, 0.15) is 5.82 Å². The smallest absolute Gasteiger partial charge is 0.128 e. The van der Waals surface area contributed by atoms with Gasteiger partial charge in [-0.25, -0.2) is 9.97 Å². The van der Waals surface area contributed by atoms with Crippen molar-refractivity contribution in [1.82, 2.24) is 9.97 Å². The largest absolute Gasteiger partial charge is 0.328 e. The summed E-state index contributed by atoms with van der Waals surface area (Å²) in [7, 11) is 0. The average Bonchev–Trinajstić information content (AvgIpc) is 2.08. The van der Waals surface area contributed by atoms with Gasteiger partial charge >= 0.3 is 0 Å². The molecule has 1 aromatic rings. The molecule has 0 aliphatic rings. The molecule has 0 spiro atoms. The van der Waals surface area contributed by atoms with Crippen LogP contribution in [-0.4, -0.2) is 16.0 Å². The molecule has 4 heteroatoms. The molecule has 1 aromatic heterocycles. The lowest BCUT2D eigenvalue weighted by Crippen LogP contribution is -2.19. The molecule has 0 aliphatic carbocycles. The van der Waals surface area contributed by atoms with Gasteiger partial charge in [0.25, 0.3) is 0 Å². The van der Waals surface area contributed by atoms with Crippen molar-refractivity contribution in [2.45, 2.75) is 32.7 Å². The van der Waals surface area contributed by atoms with Gasteiger partial charge < -0.3 is 5.73 Å². The molecule has 2 N–H and O–H groups in total. The molecule has 13 heavy (non-hydrogen) atoms. The number of nitrogens with zero attached hydrogens (tertiary/aromatic N) is 2. The quantitative estimate of drug-likeness (QED) is 0.880. The van der Waals surface area contributed by atoms with E-state index in [2.05, 4.69) is 25.9 Å². The summed E-state index contributed by atoms with van der Waals surface area (Å²) < 4.78 is 0.946. The van der Waals surface area contributed by atoms with Crippen LogP contribution in [-0.2, 0) is 12.8 Å². The van der Waals surface area contributed by atoms with Gasteiger partial charge in [-0.05, 0) is 22.9 Å². The molecule has 1 rings (SSSR count). The number of hydrogen-bond donors (Lipinski definition) is 1. The zero-order valence-corrected chi connectivity index (χ0v) is 9.50. The topological polar surface area (TPSA) is 51.8 Å². The molecule has 1 atom stereocenters. The van der Waals surface area contributed by atoms with Gasteiger partial charge in [-0.3, -0.25) is 0 Å². The highest BCUT2D eigenvalue weighted by Gasteiger charge is 2.06. The van der Waals surface area contributed by atoms with Gasteiger partial charge in [0.05, 0.1) is 10.2 Å². The Morgan fingerprint density at radius 3 is 2.85 bits per heavy atom. The first-order valence-corrected chi connectivity index (χ1v) is 5.18. The lowest BCUT2D eigenvalue weighted by Gasteiger charge is -2.07. The highest BCUT2D eigenvalue weighted by Crippen LogP contribution is 2.14. The predicted molar refractivity (Wildman–Crippen MR) is 56.5 cm³/mol. The number of aryl methyl sites for hydroxylation is 1. The number of rotatable bonds is 3. The summed E-state index contributed by atoms with van der Waals surface area (Å²) >= 11 is 3.41. The third-order valence-electron chi connectivity index (χ3n) is 1.70. The van der Waals surface area contributed by atoms with Gasteiger partial charge in [-0.2, -0.15) is 0 Å². The number of aromatic nitrogens is 2. The van der Waals surface area contributed by atoms with E-state index in [9.17, 15) is 0 Å². The van der Waals surface area contributed by atoms with E-state index in [4.69, 9.17) is 5.73 Å². The lowest BCUT2D eigenvalue weighted by atomic mass is 10.2. The lowest BCUT2D eigenvalue weighted by molar-refractivity contribution is 0.709. The molecule has 0 amide bonds. The minimum atomic E-state index is 0.135. The van der Waals surface area contributed by atoms with Crippen LogP contribution in [0.25, 0.3) is 0 Å². The maximum absolute atomic E-state index is 5.70. The summed E-state index contributed by atoms with van der Waals surface area (Å²) in [5, 5.41) is 0. The van der Waals surface area contributed by atoms with Crippen LogP contribution in [0.5, 0.6) is 0 Å². The van der Waals surface area contributed by atoms with Crippen molar-refractivity contribution >= 4 is 15.9 Å². The van der Waals surface area contributed by atoms with Gasteiger partial charge in [0.2, 0.25) is 0 Å². The van der Waals surface area contributed by atoms with E-state index in [-0.39, 0.29) is 6.04 Å². The molecule has 0 radical (unpaired) electrons. The zero-order valence-electron chi connectivity index (χ0n) is 7.92. The second-order valence-electron chi connectivity index (χ2n) is 3.12. The Hall–Kier alpha value is -0.480. The van der Waals surface area contributed by atoms with Crippen molar-refractivity contribution in [3.05, 3.63) is 22.2 Å². The van der Waals surface area contributed by atoms with E-state index in [0.717, 1.165) is 28.8 Å². The zero-order chi connectivity index (χ0) is 9.84. The van der Waals surface area contributed by atoms with Crippen LogP contribution in [0.4, 0.5) is 0 Å². The summed E-state index contributed by atoms with van der Waals surface area (Å²) in [5.41, 5.74) is 6.71. The molecule has 0 bridgehead atoms. The standard InChI is InChI=1S/C9H14BrN3/c1-3-9-12-5-7(10)8(13-9)4-6(2)11/h5-6H,3-4,11H2,1-2H3. The predicted octanol–water partition coefficient (Wildman–Crippen LogP) is 1.69. The van der Waals surface area contributed by atoms with Crippen molar-refractivity contribution in [2.75, 3.05) is 0 Å². The molecular formula is C9H14BrN3. The molecule has 1 unspecified atom stereocenters. The second kappa shape index (κ2) is 4.67. The first-order chi connectivity index (χ1) is 6.13. The van der Waals surface area contributed by atoms with Crippen molar-refractivity contribution in [2.24, 2.45) is 5.73 Å². The Balaban J connectivity index is 2.90. The molecule has 0 aromatic carbocycles. The summed E-state index contributed by atoms with van der Waals surface area (Å²) in [5.74, 6) is 0.874. The Morgan fingerprint density at radius 1 is 1.62 bits per heavy atom. The monoisotopic (exact) mass is 243 g/mol. The van der Waals surface area contributed by atoms with Gasteiger partial charge in [0.15, 0.2) is 0 Å². The maximum atomic E-state index is 5.70. The third kappa shape index (κ3) is 3.04. The van der Waals surface area contributed by atoms with Gasteiger partial charge in [-0.1, -0.05) is 6.92 Å². The van der Waals surface area contributed by atoms with Crippen LogP contribution >= 0.6 is 15.9 Å². The number of hydrogen-bond acceptors (Lipinski definition) is 3. The molecule has 1 heterocycles. The summed E-state index contributed by atoms with van der Waals surface area (Å²) in [6, 6.07) is 0.135. The van der Waals surface area contributed by atoms with Crippen LogP contribution in [0, 0.1) is 0 Å². The van der Waals surface area contributed by atoms with E-state index < -0.39 is 0 Å². The molecule has 72 valence electrons. The van der Waals surface area contributed by atoms with Gasteiger partial charge in [0, 0.05) is 25.1 Å². The molecule has 0 aliphatic heterocycles. The Morgan fingerprint density at radius 2 is 2.31 bits per heavy atom. The van der Waals surface area contributed by atoms with Crippen molar-refractivity contribution in [3.63, 3.8) is 0 Å². The second-order valence-corrected chi connectivity index (χ2v) is 3.97. The van der Waals surface area contributed by atoms with Gasteiger partial charge in [-0.15, -0.1) is 0 Å². The minimum Gasteiger partial charge on any atom is -0.328 e. The summed E-state index contributed by atoms with van der Waals surface area (Å²) in [4.78, 5) is 8.56. The number of nitrogens with two attached hydrogens (primary N) is 1. The number of halogens is 1. The normalized spacial score (nSPS) is 12.9. The summed E-state index contributed by atoms with van der Waals surface area (Å²) in [6.45, 7) is 4.01. The molecule has 3 nitrogen and oxygen atoms in total. The van der Waals surface area contributed by atoms with Crippen LogP contribution in [0.15, 0.2) is 10.7 Å². The molecule has 0 saturated carbocycles. The minimum absolute atomic E-state index is 0.135. The highest BCUT2D eigenvalue weighted by molar-refractivity contribution is 9.10. The molecule has 0 saturated heterocycles. The van der Waals surface area contributed by atoms with Crippen LogP contribution < -0.4 is 5.73 Å². The van der Waals surface area contributed by atoms with Crippen molar-refractivity contribution in [3.8, 4) is 0 Å². The maximum Gasteiger partial charge on any atom is 0.128 e. The fourth-order valence-electron chi connectivity index (χ4n) is 1.06. The third-order valence-corrected chi connectivity index (χ3v) is 2.36. The van der Waals surface area contributed by atoms with Crippen LogP contribution in [0.1, 0.15) is 25.4 Å². The van der Waals surface area contributed by atoms with E-state index in [1.54, 1.807) is 6.20 Å². The Kier molecular flexibility index (Phi) is 3.81. The molecule has 0 fully saturated rings. The van der Waals surface area contributed by atoms with Crippen LogP contribution in [0.3, 0.4) is 0 Å². The fourth-order valence-corrected chi connectivity index (χ4v) is 1.42. The van der Waals surface area contributed by atoms with Crippen molar-refractivity contribution in [1.29, 1.82) is 0 Å². The van der Waals surface area contributed by atoms with E-state index in [1.807, 2.05) is 13.8 Å². The first kappa shape index (κ1) is 10.6. The summed E-state index contributed by atoms with van der Waals surface area (Å²) in [6.07, 6.45) is 3.44. The first-order valence-electron chi connectivity index (χ1n) is 4.39. The van der Waals surface area contributed by atoms with E-state index >= 15 is 0 Å². The van der Waals surface area contributed by atoms with Crippen LogP contribution in [0.2, 0.25) is 0 Å². The van der Waals surface area contributed by atoms with Crippen molar-refractivity contribution < 1.29 is 0 Å². The SMILES string of the molecule is CCc1ncc(Br)c(CC(C)N)n1.